The fraction of sp³-hybridized carbons (Fsp3) is 0.261. The summed E-state index contributed by atoms with van der Waals surface area (Å²) in [5.74, 6) is -0.810. The van der Waals surface area contributed by atoms with E-state index >= 15 is 0 Å². The molecule has 0 unspecified atom stereocenters. The molecule has 1 aliphatic rings. The van der Waals surface area contributed by atoms with Crippen LogP contribution in [0.15, 0.2) is 54.6 Å². The molecule has 2 aromatic carbocycles. The molecule has 1 aromatic heterocycles. The molecule has 0 amide bonds. The molecule has 0 spiro atoms. The number of rotatable bonds is 4. The smallest absolute Gasteiger partial charge is 0.309 e. The standard InChI is InChI=1S/C23H22ClNO2/c1-23(2)13-19-22(15-6-4-3-5-7-15)21(16-8-10-17(24)11-9-16)18(12-20(26)27)25(19)14-23/h3-11H,12-14H2,1-2H3,(H,26,27)/i12+2. The Labute approximate surface area is 164 Å². The van der Waals surface area contributed by atoms with E-state index in [-0.39, 0.29) is 11.8 Å². The monoisotopic (exact) mass is 381 g/mol. The van der Waals surface area contributed by atoms with Crippen LogP contribution in [0.5, 0.6) is 0 Å². The van der Waals surface area contributed by atoms with Crippen molar-refractivity contribution in [2.75, 3.05) is 0 Å². The van der Waals surface area contributed by atoms with E-state index in [0.717, 1.165) is 40.9 Å². The normalized spacial score (nSPS) is 14.9. The van der Waals surface area contributed by atoms with Crippen LogP contribution >= 0.6 is 11.6 Å². The lowest BCUT2D eigenvalue weighted by Crippen LogP contribution is -2.15. The van der Waals surface area contributed by atoms with E-state index in [1.807, 2.05) is 42.5 Å². The van der Waals surface area contributed by atoms with E-state index in [9.17, 15) is 9.90 Å². The third kappa shape index (κ3) is 3.28. The lowest BCUT2D eigenvalue weighted by atomic mass is 9.87. The second-order valence-corrected chi connectivity index (χ2v) is 8.45. The van der Waals surface area contributed by atoms with Gasteiger partial charge in [-0.25, -0.2) is 0 Å². The molecule has 0 aliphatic carbocycles. The zero-order valence-corrected chi connectivity index (χ0v) is 16.3. The predicted octanol–water partition coefficient (Wildman–Crippen LogP) is 5.68. The van der Waals surface area contributed by atoms with Crippen molar-refractivity contribution in [3.63, 3.8) is 0 Å². The van der Waals surface area contributed by atoms with Crippen LogP contribution in [0, 0.1) is 5.41 Å². The molecule has 3 aromatic rings. The first-order valence-electron chi connectivity index (χ1n) is 9.13. The quantitative estimate of drug-likeness (QED) is 0.631. The molecule has 2 heterocycles. The molecule has 0 atom stereocenters. The maximum Gasteiger partial charge on any atom is 0.309 e. The molecule has 0 saturated heterocycles. The summed E-state index contributed by atoms with van der Waals surface area (Å²) >= 11 is 6.09. The molecule has 1 aliphatic heterocycles. The van der Waals surface area contributed by atoms with E-state index in [4.69, 9.17) is 11.6 Å². The molecule has 138 valence electrons. The molecular formula is C23H22ClNO2. The first kappa shape index (κ1) is 17.9. The van der Waals surface area contributed by atoms with Crippen LogP contribution in [0.4, 0.5) is 0 Å². The van der Waals surface area contributed by atoms with Crippen molar-refractivity contribution in [3.8, 4) is 22.3 Å². The molecule has 27 heavy (non-hydrogen) atoms. The Kier molecular flexibility index (Phi) is 4.35. The number of halogens is 1. The number of carboxylic acids is 1. The highest BCUT2D eigenvalue weighted by atomic mass is 35.5. The predicted molar refractivity (Wildman–Crippen MR) is 109 cm³/mol. The van der Waals surface area contributed by atoms with Crippen molar-refractivity contribution in [2.45, 2.75) is 33.2 Å². The van der Waals surface area contributed by atoms with Gasteiger partial charge in [-0.3, -0.25) is 4.79 Å². The zero-order valence-electron chi connectivity index (χ0n) is 15.5. The van der Waals surface area contributed by atoms with Gasteiger partial charge in [0.15, 0.2) is 0 Å². The Morgan fingerprint density at radius 3 is 2.30 bits per heavy atom. The maximum absolute atomic E-state index is 11.7. The van der Waals surface area contributed by atoms with Gasteiger partial charge in [0.1, 0.15) is 0 Å². The SMILES string of the molecule is CC1(C)Cc2c(-c3ccccc3)c(-c3ccc(Cl)cc3)c([14CH2]C(=O)O)n2C1. The second-order valence-electron chi connectivity index (χ2n) is 8.01. The van der Waals surface area contributed by atoms with Crippen LogP contribution in [0.25, 0.3) is 22.3 Å². The first-order valence-corrected chi connectivity index (χ1v) is 9.51. The number of aromatic nitrogens is 1. The van der Waals surface area contributed by atoms with E-state index in [1.165, 1.54) is 5.69 Å². The minimum atomic E-state index is -0.810. The summed E-state index contributed by atoms with van der Waals surface area (Å²) in [5.41, 5.74) is 6.53. The number of carbonyl (C=O) groups is 1. The topological polar surface area (TPSA) is 42.2 Å². The number of carboxylic acid groups (broad SMARTS) is 1. The van der Waals surface area contributed by atoms with Gasteiger partial charge in [0.2, 0.25) is 0 Å². The summed E-state index contributed by atoms with van der Waals surface area (Å²) in [5, 5.41) is 10.3. The fourth-order valence-electron chi connectivity index (χ4n) is 4.20. The van der Waals surface area contributed by atoms with Crippen LogP contribution in [-0.4, -0.2) is 15.6 Å². The summed E-state index contributed by atoms with van der Waals surface area (Å²) < 4.78 is 2.24. The number of hydrogen-bond acceptors (Lipinski definition) is 1. The minimum absolute atomic E-state index is 0.00781. The zero-order chi connectivity index (χ0) is 19.2. The van der Waals surface area contributed by atoms with Gasteiger partial charge in [-0.15, -0.1) is 0 Å². The van der Waals surface area contributed by atoms with Crippen LogP contribution in [-0.2, 0) is 24.2 Å². The number of fused-ring (bicyclic) bond motifs is 1. The minimum Gasteiger partial charge on any atom is -0.481 e. The van der Waals surface area contributed by atoms with Gasteiger partial charge >= 0.3 is 5.97 Å². The molecule has 0 radical (unpaired) electrons. The highest BCUT2D eigenvalue weighted by molar-refractivity contribution is 6.30. The van der Waals surface area contributed by atoms with E-state index in [1.54, 1.807) is 0 Å². The summed E-state index contributed by atoms with van der Waals surface area (Å²) in [6, 6.07) is 18.0. The van der Waals surface area contributed by atoms with Gasteiger partial charge in [-0.2, -0.15) is 0 Å². The van der Waals surface area contributed by atoms with Crippen molar-refractivity contribution in [1.82, 2.24) is 4.57 Å². The van der Waals surface area contributed by atoms with Crippen LogP contribution in [0.3, 0.4) is 0 Å². The molecular weight excluding hydrogens is 360 g/mol. The van der Waals surface area contributed by atoms with E-state index < -0.39 is 5.97 Å². The molecule has 0 saturated carbocycles. The van der Waals surface area contributed by atoms with Crippen LogP contribution in [0.1, 0.15) is 25.2 Å². The lowest BCUT2D eigenvalue weighted by Gasteiger charge is -2.18. The summed E-state index contributed by atoms with van der Waals surface area (Å²) in [7, 11) is 0. The number of nitrogens with zero attached hydrogens (tertiary/aromatic N) is 1. The van der Waals surface area contributed by atoms with Gasteiger partial charge in [-0.05, 0) is 35.1 Å². The average Bonchev–Trinajstić information content (AvgIpc) is 3.07. The summed E-state index contributed by atoms with van der Waals surface area (Å²) in [4.78, 5) is 11.7. The van der Waals surface area contributed by atoms with Gasteiger partial charge in [0.05, 0.1) is 6.42 Å². The van der Waals surface area contributed by atoms with Gasteiger partial charge in [0, 0.05) is 34.1 Å². The summed E-state index contributed by atoms with van der Waals surface area (Å²) in [6.45, 7) is 5.31. The van der Waals surface area contributed by atoms with Crippen molar-refractivity contribution in [2.24, 2.45) is 5.41 Å². The molecule has 4 rings (SSSR count). The largest absolute Gasteiger partial charge is 0.481 e. The Morgan fingerprint density at radius 1 is 1.04 bits per heavy atom. The number of aliphatic carboxylic acids is 1. The summed E-state index contributed by atoms with van der Waals surface area (Å²) in [6.07, 6.45) is 0.936. The first-order chi connectivity index (χ1) is 12.9. The van der Waals surface area contributed by atoms with E-state index in [0.29, 0.717) is 5.02 Å². The van der Waals surface area contributed by atoms with E-state index in [2.05, 4.69) is 30.5 Å². The van der Waals surface area contributed by atoms with Crippen molar-refractivity contribution >= 4 is 17.6 Å². The maximum atomic E-state index is 11.7. The molecule has 0 fully saturated rings. The Balaban J connectivity index is 2.03. The Bertz CT molecular complexity index is 1000. The Morgan fingerprint density at radius 2 is 1.67 bits per heavy atom. The van der Waals surface area contributed by atoms with Crippen molar-refractivity contribution in [3.05, 3.63) is 71.0 Å². The number of hydrogen-bond donors (Lipinski definition) is 1. The highest BCUT2D eigenvalue weighted by Crippen LogP contribution is 2.47. The van der Waals surface area contributed by atoms with Crippen LogP contribution in [0.2, 0.25) is 5.02 Å². The molecule has 4 heteroatoms. The lowest BCUT2D eigenvalue weighted by molar-refractivity contribution is -0.136. The highest BCUT2D eigenvalue weighted by Gasteiger charge is 2.36. The Hall–Kier alpha value is -2.52. The third-order valence-corrected chi connectivity index (χ3v) is 5.48. The van der Waals surface area contributed by atoms with Crippen molar-refractivity contribution < 1.29 is 9.90 Å². The molecule has 0 bridgehead atoms. The third-order valence-electron chi connectivity index (χ3n) is 5.22. The van der Waals surface area contributed by atoms with Gasteiger partial charge in [0.25, 0.3) is 0 Å². The van der Waals surface area contributed by atoms with Gasteiger partial charge < -0.3 is 9.67 Å². The van der Waals surface area contributed by atoms with Crippen molar-refractivity contribution in [1.29, 1.82) is 0 Å². The number of benzene rings is 2. The van der Waals surface area contributed by atoms with Gasteiger partial charge in [-0.1, -0.05) is 67.9 Å². The average molecular weight is 382 g/mol. The fourth-order valence-corrected chi connectivity index (χ4v) is 4.33. The second kappa shape index (κ2) is 6.58. The molecule has 1 N–H and O–H groups in total. The van der Waals surface area contributed by atoms with Crippen LogP contribution < -0.4 is 0 Å². The molecule has 3 nitrogen and oxygen atoms in total.